The minimum atomic E-state index is -0.169. The number of nitrogens with two attached hydrogens (primary N) is 1. The molecule has 0 saturated carbocycles. The van der Waals surface area contributed by atoms with Gasteiger partial charge in [0.15, 0.2) is 0 Å². The Balaban J connectivity index is 1.42. The fourth-order valence-corrected chi connectivity index (χ4v) is 5.17. The molecule has 1 saturated heterocycles. The summed E-state index contributed by atoms with van der Waals surface area (Å²) < 4.78 is 7.97. The van der Waals surface area contributed by atoms with E-state index >= 15 is 0 Å². The molecule has 1 aliphatic carbocycles. The number of aromatic nitrogens is 1. The highest BCUT2D eigenvalue weighted by molar-refractivity contribution is 5.95. The molecule has 1 spiro atoms. The van der Waals surface area contributed by atoms with Crippen LogP contribution < -0.4 is 11.1 Å². The van der Waals surface area contributed by atoms with Gasteiger partial charge in [-0.25, -0.2) is 0 Å². The first kappa shape index (κ1) is 18.9. The van der Waals surface area contributed by atoms with Gasteiger partial charge in [-0.3, -0.25) is 4.79 Å². The Morgan fingerprint density at radius 1 is 1.23 bits per heavy atom. The molecule has 3 N–H and O–H groups in total. The van der Waals surface area contributed by atoms with Crippen molar-refractivity contribution in [1.82, 2.24) is 14.8 Å². The van der Waals surface area contributed by atoms with Crippen molar-refractivity contribution in [2.75, 3.05) is 25.9 Å². The predicted molar refractivity (Wildman–Crippen MR) is 118 cm³/mol. The second-order valence-corrected chi connectivity index (χ2v) is 8.53. The molecule has 2 aliphatic heterocycles. The first-order valence-corrected chi connectivity index (χ1v) is 10.6. The van der Waals surface area contributed by atoms with Crippen LogP contribution in [0.3, 0.4) is 0 Å². The van der Waals surface area contributed by atoms with E-state index in [0.717, 1.165) is 48.4 Å². The van der Waals surface area contributed by atoms with Gasteiger partial charge in [0.1, 0.15) is 11.5 Å². The van der Waals surface area contributed by atoms with Gasteiger partial charge in [0, 0.05) is 42.7 Å². The van der Waals surface area contributed by atoms with E-state index in [0.29, 0.717) is 24.3 Å². The van der Waals surface area contributed by atoms with Crippen LogP contribution in [-0.4, -0.2) is 35.6 Å². The number of piperidine rings is 1. The number of nitrogens with zero attached hydrogens (tertiary/aromatic N) is 2. The Bertz CT molecular complexity index is 1050. The van der Waals surface area contributed by atoms with Gasteiger partial charge in [0.25, 0.3) is 5.91 Å². The van der Waals surface area contributed by atoms with E-state index in [1.165, 1.54) is 5.69 Å². The lowest BCUT2D eigenvalue weighted by Crippen LogP contribution is -2.55. The number of rotatable bonds is 2. The number of nitrogen functional groups attached to an aromatic ring is 1. The average Bonchev–Trinajstić information content (AvgIpc) is 3.24. The zero-order valence-corrected chi connectivity index (χ0v) is 17.6. The molecule has 0 radical (unpaired) electrons. The highest BCUT2D eigenvalue weighted by atomic mass is 16.5. The molecular formula is C24H28N4O2. The first-order chi connectivity index (χ1) is 14.5. The minimum Gasteiger partial charge on any atom is -0.499 e. The van der Waals surface area contributed by atoms with E-state index < -0.39 is 0 Å². The number of carbonyl (C=O) groups excluding carboxylic acids is 1. The van der Waals surface area contributed by atoms with Gasteiger partial charge < -0.3 is 25.3 Å². The number of ether oxygens (including phenoxy) is 1. The molecule has 30 heavy (non-hydrogen) atoms. The SMILES string of the molecule is COC1=C2C(=CCC1)NC1(CCN(C(=O)c3cc(C)cc(N)c3)CC1)c1cccn12. The molecule has 5 rings (SSSR count). The van der Waals surface area contributed by atoms with Crippen LogP contribution in [0.25, 0.3) is 5.70 Å². The van der Waals surface area contributed by atoms with Crippen molar-refractivity contribution in [1.29, 1.82) is 0 Å². The van der Waals surface area contributed by atoms with E-state index in [-0.39, 0.29) is 11.4 Å². The summed E-state index contributed by atoms with van der Waals surface area (Å²) in [7, 11) is 1.75. The van der Waals surface area contributed by atoms with E-state index in [1.54, 1.807) is 13.2 Å². The molecular weight excluding hydrogens is 376 g/mol. The number of likely N-dealkylation sites (tertiary alicyclic amines) is 1. The summed E-state index contributed by atoms with van der Waals surface area (Å²) in [5.41, 5.74) is 11.6. The van der Waals surface area contributed by atoms with Crippen molar-refractivity contribution >= 4 is 17.3 Å². The van der Waals surface area contributed by atoms with E-state index in [1.807, 2.05) is 24.0 Å². The first-order valence-electron chi connectivity index (χ1n) is 10.6. The second-order valence-electron chi connectivity index (χ2n) is 8.53. The van der Waals surface area contributed by atoms with E-state index in [2.05, 4.69) is 34.3 Å². The largest absolute Gasteiger partial charge is 0.499 e. The summed E-state index contributed by atoms with van der Waals surface area (Å²) in [6.07, 6.45) is 8.01. The van der Waals surface area contributed by atoms with Crippen molar-refractivity contribution in [3.63, 3.8) is 0 Å². The summed E-state index contributed by atoms with van der Waals surface area (Å²) in [6, 6.07) is 9.88. The van der Waals surface area contributed by atoms with Crippen LogP contribution in [0, 0.1) is 6.92 Å². The molecule has 0 bridgehead atoms. The zero-order chi connectivity index (χ0) is 20.9. The lowest BCUT2D eigenvalue weighted by atomic mass is 9.81. The lowest BCUT2D eigenvalue weighted by Gasteiger charge is -2.48. The van der Waals surface area contributed by atoms with Crippen molar-refractivity contribution in [2.45, 2.75) is 38.1 Å². The summed E-state index contributed by atoms with van der Waals surface area (Å²) >= 11 is 0. The Hall–Kier alpha value is -3.15. The average molecular weight is 405 g/mol. The molecule has 6 nitrogen and oxygen atoms in total. The van der Waals surface area contributed by atoms with Crippen molar-refractivity contribution in [3.05, 3.63) is 70.9 Å². The van der Waals surface area contributed by atoms with Crippen molar-refractivity contribution < 1.29 is 9.53 Å². The molecule has 6 heteroatoms. The van der Waals surface area contributed by atoms with Crippen molar-refractivity contribution in [3.8, 4) is 0 Å². The van der Waals surface area contributed by atoms with Crippen molar-refractivity contribution in [2.24, 2.45) is 0 Å². The van der Waals surface area contributed by atoms with Crippen LogP contribution in [0.5, 0.6) is 0 Å². The van der Waals surface area contributed by atoms with Gasteiger partial charge in [-0.2, -0.15) is 0 Å². The number of anilines is 1. The van der Waals surface area contributed by atoms with Crippen LogP contribution >= 0.6 is 0 Å². The molecule has 1 fully saturated rings. The summed E-state index contributed by atoms with van der Waals surface area (Å²) in [4.78, 5) is 15.0. The molecule has 2 aromatic rings. The molecule has 1 amide bonds. The van der Waals surface area contributed by atoms with Crippen LogP contribution in [0.4, 0.5) is 5.69 Å². The summed E-state index contributed by atoms with van der Waals surface area (Å²) in [6.45, 7) is 3.37. The van der Waals surface area contributed by atoms with E-state index in [9.17, 15) is 4.79 Å². The number of benzene rings is 1. The van der Waals surface area contributed by atoms with E-state index in [4.69, 9.17) is 10.5 Å². The minimum absolute atomic E-state index is 0.0607. The molecule has 1 aromatic heterocycles. The zero-order valence-electron chi connectivity index (χ0n) is 17.6. The topological polar surface area (TPSA) is 72.5 Å². The fraction of sp³-hybridized carbons (Fsp3) is 0.375. The third kappa shape index (κ3) is 2.90. The number of amides is 1. The third-order valence-corrected chi connectivity index (χ3v) is 6.59. The Morgan fingerprint density at radius 2 is 2.03 bits per heavy atom. The number of nitrogens with one attached hydrogen (secondary N) is 1. The van der Waals surface area contributed by atoms with Crippen LogP contribution in [0.1, 0.15) is 47.3 Å². The summed E-state index contributed by atoms with van der Waals surface area (Å²) in [5.74, 6) is 1.09. The molecule has 0 unspecified atom stereocenters. The van der Waals surface area contributed by atoms with Gasteiger partial charge >= 0.3 is 0 Å². The fourth-order valence-electron chi connectivity index (χ4n) is 5.17. The maximum Gasteiger partial charge on any atom is 0.253 e. The van der Waals surface area contributed by atoms with Gasteiger partial charge in [-0.1, -0.05) is 6.08 Å². The number of carbonyl (C=O) groups is 1. The predicted octanol–water partition coefficient (Wildman–Crippen LogP) is 3.61. The maximum absolute atomic E-state index is 13.1. The smallest absolute Gasteiger partial charge is 0.253 e. The van der Waals surface area contributed by atoms with Gasteiger partial charge in [-0.05, 0) is 62.1 Å². The second kappa shape index (κ2) is 6.97. The van der Waals surface area contributed by atoms with Crippen LogP contribution in [-0.2, 0) is 10.3 Å². The number of fused-ring (bicyclic) bond motifs is 4. The Labute approximate surface area is 177 Å². The Morgan fingerprint density at radius 3 is 2.77 bits per heavy atom. The number of hydrogen-bond donors (Lipinski definition) is 2. The van der Waals surface area contributed by atoms with Gasteiger partial charge in [0.05, 0.1) is 18.3 Å². The molecule has 156 valence electrons. The highest BCUT2D eigenvalue weighted by Gasteiger charge is 2.44. The number of aryl methyl sites for hydroxylation is 1. The number of hydrogen-bond acceptors (Lipinski definition) is 4. The highest BCUT2D eigenvalue weighted by Crippen LogP contribution is 2.43. The Kier molecular flexibility index (Phi) is 4.38. The molecule has 3 heterocycles. The molecule has 1 aromatic carbocycles. The molecule has 0 atom stereocenters. The van der Waals surface area contributed by atoms with Crippen LogP contribution in [0.2, 0.25) is 0 Å². The summed E-state index contributed by atoms with van der Waals surface area (Å²) in [5, 5.41) is 3.84. The maximum atomic E-state index is 13.1. The quantitative estimate of drug-likeness (QED) is 0.750. The van der Waals surface area contributed by atoms with Gasteiger partial charge in [-0.15, -0.1) is 0 Å². The monoisotopic (exact) mass is 404 g/mol. The third-order valence-electron chi connectivity index (χ3n) is 6.59. The number of methoxy groups -OCH3 is 1. The van der Waals surface area contributed by atoms with Gasteiger partial charge in [0.2, 0.25) is 0 Å². The normalized spacial score (nSPS) is 19.7. The standard InChI is InChI=1S/C24H28N4O2/c1-16-13-17(15-18(25)14-16)23(29)27-11-8-24(9-12-27)21-7-4-10-28(21)22-19(26-24)5-3-6-20(22)30-2/h4-5,7,10,13-15,26H,3,6,8-9,11-12,25H2,1-2H3. The number of allylic oxidation sites excluding steroid dienone is 3. The molecule has 3 aliphatic rings. The van der Waals surface area contributed by atoms with Crippen LogP contribution in [0.15, 0.2) is 54.1 Å². The lowest BCUT2D eigenvalue weighted by molar-refractivity contribution is 0.0638.